The summed E-state index contributed by atoms with van der Waals surface area (Å²) in [6.07, 6.45) is 4.68. The van der Waals surface area contributed by atoms with E-state index in [-0.39, 0.29) is 29.8 Å². The minimum absolute atomic E-state index is 0.00503. The Kier molecular flexibility index (Phi) is 7.84. The van der Waals surface area contributed by atoms with Crippen LogP contribution in [0.1, 0.15) is 63.1 Å². The molecule has 0 bridgehead atoms. The summed E-state index contributed by atoms with van der Waals surface area (Å²) < 4.78 is 0. The third-order valence-electron chi connectivity index (χ3n) is 6.78. The van der Waals surface area contributed by atoms with Gasteiger partial charge in [-0.15, -0.1) is 6.58 Å². The number of benzene rings is 2. The Balaban J connectivity index is 2.26. The van der Waals surface area contributed by atoms with E-state index in [1.807, 2.05) is 74.2 Å². The van der Waals surface area contributed by atoms with Crippen molar-refractivity contribution in [2.45, 2.75) is 58.0 Å². The second-order valence-electron chi connectivity index (χ2n) is 9.10. The van der Waals surface area contributed by atoms with Crippen molar-refractivity contribution in [3.05, 3.63) is 82.4 Å². The van der Waals surface area contributed by atoms with Gasteiger partial charge in [0.15, 0.2) is 0 Å². The van der Waals surface area contributed by atoms with Crippen molar-refractivity contribution in [1.29, 1.82) is 0 Å². The lowest BCUT2D eigenvalue weighted by Gasteiger charge is -2.52. The van der Waals surface area contributed by atoms with E-state index >= 15 is 0 Å². The third-order valence-corrected chi connectivity index (χ3v) is 7.27. The van der Waals surface area contributed by atoms with E-state index in [4.69, 9.17) is 23.2 Å². The Morgan fingerprint density at radius 2 is 1.84 bits per heavy atom. The zero-order valence-corrected chi connectivity index (χ0v) is 20.4. The fourth-order valence-electron chi connectivity index (χ4n) is 5.17. The van der Waals surface area contributed by atoms with E-state index in [0.717, 1.165) is 17.4 Å². The van der Waals surface area contributed by atoms with Crippen molar-refractivity contribution in [1.82, 2.24) is 4.90 Å². The third kappa shape index (κ3) is 4.79. The van der Waals surface area contributed by atoms with Crippen LogP contribution in [0.15, 0.2) is 61.2 Å². The maximum atomic E-state index is 14.1. The molecule has 0 saturated carbocycles. The van der Waals surface area contributed by atoms with Crippen molar-refractivity contribution in [3.63, 3.8) is 0 Å². The van der Waals surface area contributed by atoms with Gasteiger partial charge in [-0.1, -0.05) is 74.3 Å². The lowest BCUT2D eigenvalue weighted by atomic mass is 9.66. The van der Waals surface area contributed by atoms with Gasteiger partial charge >= 0.3 is 0 Å². The number of carbonyl (C=O) groups excluding carboxylic acids is 2. The number of allylic oxidation sites excluding steroid dienone is 1. The number of aldehydes is 1. The van der Waals surface area contributed by atoms with Crippen LogP contribution in [0.5, 0.6) is 0 Å². The first-order valence-electron chi connectivity index (χ1n) is 11.2. The quantitative estimate of drug-likeness (QED) is 0.300. The van der Waals surface area contributed by atoms with Gasteiger partial charge in [0.05, 0.1) is 11.5 Å². The van der Waals surface area contributed by atoms with Crippen LogP contribution in [0, 0.1) is 11.3 Å². The molecule has 0 N–H and O–H groups in total. The second-order valence-corrected chi connectivity index (χ2v) is 9.97. The molecule has 3 nitrogen and oxygen atoms in total. The summed E-state index contributed by atoms with van der Waals surface area (Å²) in [4.78, 5) is 27.9. The Bertz CT molecular complexity index is 974. The summed E-state index contributed by atoms with van der Waals surface area (Å²) in [7, 11) is 0. The van der Waals surface area contributed by atoms with E-state index in [9.17, 15) is 9.59 Å². The minimum Gasteiger partial charge on any atom is -0.331 e. The Labute approximate surface area is 201 Å². The number of halogens is 2. The molecule has 1 aliphatic rings. The van der Waals surface area contributed by atoms with Crippen LogP contribution >= 0.6 is 23.2 Å². The van der Waals surface area contributed by atoms with E-state index in [0.29, 0.717) is 29.3 Å². The van der Waals surface area contributed by atoms with E-state index in [2.05, 4.69) is 12.6 Å². The molecule has 1 fully saturated rings. The number of likely N-dealkylation sites (tertiary alicyclic amines) is 1. The molecule has 1 saturated heterocycles. The maximum absolute atomic E-state index is 14.1. The van der Waals surface area contributed by atoms with Crippen LogP contribution in [0.3, 0.4) is 0 Å². The van der Waals surface area contributed by atoms with Gasteiger partial charge in [0, 0.05) is 27.9 Å². The highest BCUT2D eigenvalue weighted by Gasteiger charge is 2.51. The molecule has 5 heteroatoms. The van der Waals surface area contributed by atoms with Crippen molar-refractivity contribution in [2.24, 2.45) is 11.3 Å². The first kappa shape index (κ1) is 24.5. The highest BCUT2D eigenvalue weighted by Crippen LogP contribution is 2.52. The van der Waals surface area contributed by atoms with E-state index in [1.54, 1.807) is 0 Å². The zero-order valence-electron chi connectivity index (χ0n) is 18.9. The van der Waals surface area contributed by atoms with Crippen molar-refractivity contribution < 1.29 is 9.59 Å². The highest BCUT2D eigenvalue weighted by atomic mass is 35.5. The second kappa shape index (κ2) is 10.2. The predicted molar refractivity (Wildman–Crippen MR) is 132 cm³/mol. The van der Waals surface area contributed by atoms with Crippen LogP contribution in [0.2, 0.25) is 10.0 Å². The molecule has 1 aliphatic heterocycles. The van der Waals surface area contributed by atoms with Gasteiger partial charge in [-0.25, -0.2) is 0 Å². The molecule has 1 amide bonds. The average Bonchev–Trinajstić information content (AvgIpc) is 2.77. The molecule has 1 heterocycles. The van der Waals surface area contributed by atoms with Gasteiger partial charge in [-0.3, -0.25) is 4.79 Å². The molecular weight excluding hydrogens is 441 g/mol. The van der Waals surface area contributed by atoms with Gasteiger partial charge in [0.25, 0.3) is 0 Å². The molecule has 32 heavy (non-hydrogen) atoms. The number of rotatable bonds is 8. The number of amides is 1. The molecule has 3 rings (SSSR count). The van der Waals surface area contributed by atoms with Crippen molar-refractivity contribution in [3.8, 4) is 0 Å². The van der Waals surface area contributed by atoms with Crippen molar-refractivity contribution >= 4 is 35.4 Å². The van der Waals surface area contributed by atoms with Crippen LogP contribution in [0.4, 0.5) is 0 Å². The SMILES string of the molecule is C=CC[C@@]1(C)CC(c2cccc(Cl)c2)[C@@H](c2ccc(Cl)cc2)N(C(CC)[C@@H](C)C=O)C1=O. The number of nitrogens with zero attached hydrogens (tertiary/aromatic N) is 1. The smallest absolute Gasteiger partial charge is 0.229 e. The summed E-state index contributed by atoms with van der Waals surface area (Å²) in [6.45, 7) is 9.85. The molecule has 0 radical (unpaired) electrons. The molecule has 0 aromatic heterocycles. The molecule has 2 aromatic rings. The lowest BCUT2D eigenvalue weighted by molar-refractivity contribution is -0.156. The van der Waals surface area contributed by atoms with Crippen molar-refractivity contribution in [2.75, 3.05) is 0 Å². The standard InChI is InChI=1S/C27H31Cl2NO2/c1-5-14-27(4)16-23(20-8-7-9-22(29)15-20)25(19-10-12-21(28)13-11-19)30(26(27)32)24(6-2)18(3)17-31/h5,7-13,15,17-18,23-25H,1,6,14,16H2,2-4H3/t18-,23?,24?,25+,27-/m0/s1. The van der Waals surface area contributed by atoms with Gasteiger partial charge in [0.2, 0.25) is 5.91 Å². The Morgan fingerprint density at radius 1 is 1.16 bits per heavy atom. The van der Waals surface area contributed by atoms with Crippen LogP contribution < -0.4 is 0 Å². The average molecular weight is 472 g/mol. The fourth-order valence-corrected chi connectivity index (χ4v) is 5.49. The summed E-state index contributed by atoms with van der Waals surface area (Å²) >= 11 is 12.6. The van der Waals surface area contributed by atoms with Crippen LogP contribution in [-0.4, -0.2) is 23.1 Å². The molecule has 0 aliphatic carbocycles. The molecule has 0 spiro atoms. The summed E-state index contributed by atoms with van der Waals surface area (Å²) in [5, 5.41) is 1.31. The van der Waals surface area contributed by atoms with Gasteiger partial charge < -0.3 is 9.69 Å². The van der Waals surface area contributed by atoms with Crippen LogP contribution in [-0.2, 0) is 9.59 Å². The first-order valence-corrected chi connectivity index (χ1v) is 11.9. The Hall–Kier alpha value is -2.10. The topological polar surface area (TPSA) is 37.4 Å². The van der Waals surface area contributed by atoms with Crippen LogP contribution in [0.25, 0.3) is 0 Å². The van der Waals surface area contributed by atoms with Gasteiger partial charge in [0.1, 0.15) is 6.29 Å². The summed E-state index contributed by atoms with van der Waals surface area (Å²) in [6, 6.07) is 15.1. The number of hydrogen-bond donors (Lipinski definition) is 0. The van der Waals surface area contributed by atoms with Gasteiger partial charge in [-0.05, 0) is 54.7 Å². The molecule has 170 valence electrons. The lowest BCUT2D eigenvalue weighted by Crippen LogP contribution is -2.57. The van der Waals surface area contributed by atoms with Gasteiger partial charge in [-0.2, -0.15) is 0 Å². The van der Waals surface area contributed by atoms with E-state index < -0.39 is 5.41 Å². The molecular formula is C27H31Cl2NO2. The largest absolute Gasteiger partial charge is 0.331 e. The predicted octanol–water partition coefficient (Wildman–Crippen LogP) is 7.25. The molecule has 5 atom stereocenters. The normalized spacial score (nSPS) is 25.3. The summed E-state index contributed by atoms with van der Waals surface area (Å²) in [5.41, 5.74) is 1.47. The number of carbonyl (C=O) groups is 2. The Morgan fingerprint density at radius 3 is 2.41 bits per heavy atom. The maximum Gasteiger partial charge on any atom is 0.229 e. The molecule has 2 unspecified atom stereocenters. The number of piperidine rings is 1. The highest BCUT2D eigenvalue weighted by molar-refractivity contribution is 6.30. The van der Waals surface area contributed by atoms with E-state index in [1.165, 1.54) is 0 Å². The monoisotopic (exact) mass is 471 g/mol. The summed E-state index contributed by atoms with van der Waals surface area (Å²) in [5.74, 6) is -0.216. The minimum atomic E-state index is -0.617. The first-order chi connectivity index (χ1) is 15.3. The zero-order chi connectivity index (χ0) is 23.5. The molecule has 2 aromatic carbocycles. The number of hydrogen-bond acceptors (Lipinski definition) is 2. The fraction of sp³-hybridized carbons (Fsp3) is 0.407.